The summed E-state index contributed by atoms with van der Waals surface area (Å²) in [4.78, 5) is 24.2. The number of carbonyl (C=O) groups excluding carboxylic acids is 2. The summed E-state index contributed by atoms with van der Waals surface area (Å²) >= 11 is 0. The maximum atomic E-state index is 13.6. The van der Waals surface area contributed by atoms with Gasteiger partial charge in [0.2, 0.25) is 0 Å². The van der Waals surface area contributed by atoms with E-state index in [0.29, 0.717) is 11.6 Å². The van der Waals surface area contributed by atoms with E-state index in [9.17, 15) is 22.8 Å². The zero-order valence-corrected chi connectivity index (χ0v) is 13.9. The fraction of sp³-hybridized carbons (Fsp3) is 0.263. The number of hydrogen-bond acceptors (Lipinski definition) is 3. The molecule has 0 saturated heterocycles. The largest absolute Gasteiger partial charge is 0.449 e. The highest BCUT2D eigenvalue weighted by molar-refractivity contribution is 5.97. The molecule has 0 bridgehead atoms. The number of rotatable bonds is 4. The second-order valence-electron chi connectivity index (χ2n) is 6.10. The molecule has 2 aromatic rings. The second kappa shape index (κ2) is 7.19. The third kappa shape index (κ3) is 3.56. The summed E-state index contributed by atoms with van der Waals surface area (Å²) in [5.74, 6) is -6.12. The third-order valence-corrected chi connectivity index (χ3v) is 4.28. The number of fused-ring (bicyclic) bond motifs is 1. The van der Waals surface area contributed by atoms with Gasteiger partial charge in [-0.2, -0.15) is 0 Å². The lowest BCUT2D eigenvalue weighted by Crippen LogP contribution is -2.30. The molecule has 26 heavy (non-hydrogen) atoms. The number of ether oxygens (including phenoxy) is 1. The minimum atomic E-state index is -1.69. The number of amides is 1. The summed E-state index contributed by atoms with van der Waals surface area (Å²) in [6, 6.07) is 6.81. The van der Waals surface area contributed by atoms with E-state index >= 15 is 0 Å². The number of hydrogen-bond donors (Lipinski definition) is 1. The molecule has 0 aromatic heterocycles. The van der Waals surface area contributed by atoms with Gasteiger partial charge in [0.1, 0.15) is 0 Å². The molecule has 1 amide bonds. The number of nitrogens with one attached hydrogen (secondary N) is 1. The van der Waals surface area contributed by atoms with Gasteiger partial charge < -0.3 is 10.1 Å². The molecule has 3 rings (SSSR count). The molecule has 1 N–H and O–H groups in total. The highest BCUT2D eigenvalue weighted by atomic mass is 19.2. The van der Waals surface area contributed by atoms with Gasteiger partial charge in [0.25, 0.3) is 5.91 Å². The van der Waals surface area contributed by atoms with E-state index in [-0.39, 0.29) is 0 Å². The molecule has 0 radical (unpaired) electrons. The van der Waals surface area contributed by atoms with Gasteiger partial charge >= 0.3 is 5.97 Å². The van der Waals surface area contributed by atoms with E-state index in [2.05, 4.69) is 5.32 Å². The van der Waals surface area contributed by atoms with E-state index in [0.717, 1.165) is 30.9 Å². The number of esters is 1. The molecular formula is C19H16F3NO3. The van der Waals surface area contributed by atoms with Gasteiger partial charge in [-0.05, 0) is 61.6 Å². The van der Waals surface area contributed by atoms with Crippen LogP contribution < -0.4 is 5.32 Å². The maximum absolute atomic E-state index is 13.6. The van der Waals surface area contributed by atoms with Gasteiger partial charge in [0.15, 0.2) is 23.6 Å². The average molecular weight is 363 g/mol. The zero-order chi connectivity index (χ0) is 18.8. The van der Waals surface area contributed by atoms with Crippen LogP contribution in [0.4, 0.5) is 18.9 Å². The lowest BCUT2D eigenvalue weighted by atomic mass is 10.1. The zero-order valence-electron chi connectivity index (χ0n) is 13.9. The van der Waals surface area contributed by atoms with E-state index in [4.69, 9.17) is 4.74 Å². The number of benzene rings is 2. The van der Waals surface area contributed by atoms with Gasteiger partial charge in [-0.25, -0.2) is 18.0 Å². The molecule has 0 fully saturated rings. The molecule has 1 aliphatic rings. The van der Waals surface area contributed by atoms with Crippen molar-refractivity contribution < 1.29 is 27.5 Å². The fourth-order valence-corrected chi connectivity index (χ4v) is 2.84. The third-order valence-electron chi connectivity index (χ3n) is 4.28. The molecule has 1 aliphatic carbocycles. The van der Waals surface area contributed by atoms with Crippen LogP contribution >= 0.6 is 0 Å². The van der Waals surface area contributed by atoms with E-state index < -0.39 is 41.1 Å². The maximum Gasteiger partial charge on any atom is 0.338 e. The average Bonchev–Trinajstić information content (AvgIpc) is 3.09. The number of carbonyl (C=O) groups is 2. The summed E-state index contributed by atoms with van der Waals surface area (Å²) in [7, 11) is 0. The number of halogens is 3. The van der Waals surface area contributed by atoms with Gasteiger partial charge in [-0.15, -0.1) is 0 Å². The summed E-state index contributed by atoms with van der Waals surface area (Å²) in [5.41, 5.74) is 2.07. The standard InChI is InChI=1S/C19H16F3NO3/c1-10(18(24)23-15-8-7-14(20)16(21)17(15)22)26-19(25)13-6-5-11-3-2-4-12(11)9-13/h5-10H,2-4H2,1H3,(H,23,24)/t10-/m1/s1. The predicted molar refractivity (Wildman–Crippen MR) is 88.3 cm³/mol. The molecule has 0 heterocycles. The van der Waals surface area contributed by atoms with Crippen molar-refractivity contribution in [3.8, 4) is 0 Å². The van der Waals surface area contributed by atoms with Crippen molar-refractivity contribution in [3.63, 3.8) is 0 Å². The summed E-state index contributed by atoms with van der Waals surface area (Å²) in [5, 5.41) is 2.08. The summed E-state index contributed by atoms with van der Waals surface area (Å²) < 4.78 is 44.8. The molecule has 2 aromatic carbocycles. The number of anilines is 1. The highest BCUT2D eigenvalue weighted by Crippen LogP contribution is 2.23. The van der Waals surface area contributed by atoms with Gasteiger partial charge in [-0.3, -0.25) is 4.79 Å². The first-order chi connectivity index (χ1) is 12.4. The van der Waals surface area contributed by atoms with E-state index in [1.54, 1.807) is 12.1 Å². The molecular weight excluding hydrogens is 347 g/mol. The van der Waals surface area contributed by atoms with Crippen LogP contribution in [0.1, 0.15) is 34.8 Å². The quantitative estimate of drug-likeness (QED) is 0.664. The van der Waals surface area contributed by atoms with Crippen molar-refractivity contribution in [2.75, 3.05) is 5.32 Å². The van der Waals surface area contributed by atoms with Gasteiger partial charge in [0.05, 0.1) is 11.3 Å². The molecule has 0 spiro atoms. The Bertz CT molecular complexity index is 883. The topological polar surface area (TPSA) is 55.4 Å². The van der Waals surface area contributed by atoms with Crippen molar-refractivity contribution in [2.45, 2.75) is 32.3 Å². The fourth-order valence-electron chi connectivity index (χ4n) is 2.84. The first-order valence-corrected chi connectivity index (χ1v) is 8.14. The van der Waals surface area contributed by atoms with Crippen LogP contribution in [0.2, 0.25) is 0 Å². The van der Waals surface area contributed by atoms with Crippen LogP contribution in [-0.2, 0) is 22.4 Å². The Balaban J connectivity index is 1.66. The lowest BCUT2D eigenvalue weighted by molar-refractivity contribution is -0.123. The normalized spacial score (nSPS) is 13.8. The minimum Gasteiger partial charge on any atom is -0.449 e. The van der Waals surface area contributed by atoms with Crippen molar-refractivity contribution >= 4 is 17.6 Å². The van der Waals surface area contributed by atoms with Crippen molar-refractivity contribution in [1.82, 2.24) is 0 Å². The van der Waals surface area contributed by atoms with Crippen LogP contribution in [0, 0.1) is 17.5 Å². The lowest BCUT2D eigenvalue weighted by Gasteiger charge is -2.14. The van der Waals surface area contributed by atoms with E-state index in [1.165, 1.54) is 12.5 Å². The molecule has 1 atom stereocenters. The van der Waals surface area contributed by atoms with Crippen molar-refractivity contribution in [3.05, 3.63) is 64.5 Å². The SMILES string of the molecule is C[C@@H](OC(=O)c1ccc2c(c1)CCC2)C(=O)Nc1ccc(F)c(F)c1F. The Morgan fingerprint density at radius 1 is 1.04 bits per heavy atom. The minimum absolute atomic E-state index is 0.323. The molecule has 136 valence electrons. The summed E-state index contributed by atoms with van der Waals surface area (Å²) in [6.45, 7) is 1.30. The Hall–Kier alpha value is -2.83. The Kier molecular flexibility index (Phi) is 4.97. The Morgan fingerprint density at radius 2 is 1.77 bits per heavy atom. The summed E-state index contributed by atoms with van der Waals surface area (Å²) in [6.07, 6.45) is 1.65. The first-order valence-electron chi connectivity index (χ1n) is 8.14. The molecule has 0 aliphatic heterocycles. The monoisotopic (exact) mass is 363 g/mol. The predicted octanol–water partition coefficient (Wildman–Crippen LogP) is 3.78. The smallest absolute Gasteiger partial charge is 0.338 e. The molecule has 7 heteroatoms. The van der Waals surface area contributed by atoms with Crippen LogP contribution in [0.5, 0.6) is 0 Å². The van der Waals surface area contributed by atoms with Crippen molar-refractivity contribution in [2.24, 2.45) is 0 Å². The Morgan fingerprint density at radius 3 is 2.54 bits per heavy atom. The second-order valence-corrected chi connectivity index (χ2v) is 6.10. The van der Waals surface area contributed by atoms with Crippen LogP contribution in [0.25, 0.3) is 0 Å². The molecule has 0 saturated carbocycles. The highest BCUT2D eigenvalue weighted by Gasteiger charge is 2.22. The van der Waals surface area contributed by atoms with Crippen molar-refractivity contribution in [1.29, 1.82) is 0 Å². The van der Waals surface area contributed by atoms with Crippen LogP contribution in [-0.4, -0.2) is 18.0 Å². The van der Waals surface area contributed by atoms with Gasteiger partial charge in [0, 0.05) is 0 Å². The first kappa shape index (κ1) is 18.0. The van der Waals surface area contributed by atoms with E-state index in [1.807, 2.05) is 6.07 Å². The van der Waals surface area contributed by atoms with Gasteiger partial charge in [-0.1, -0.05) is 6.07 Å². The van der Waals surface area contributed by atoms with Crippen LogP contribution in [0.3, 0.4) is 0 Å². The molecule has 4 nitrogen and oxygen atoms in total. The molecule has 0 unspecified atom stereocenters. The number of aryl methyl sites for hydroxylation is 2. The Labute approximate surface area is 148 Å². The van der Waals surface area contributed by atoms with Crippen LogP contribution in [0.15, 0.2) is 30.3 Å².